The highest BCUT2D eigenvalue weighted by Crippen LogP contribution is 1.98. The smallest absolute Gasteiger partial charge is 0.176 e. The summed E-state index contributed by atoms with van der Waals surface area (Å²) < 4.78 is 0. The average molecular weight is 183 g/mol. The molecule has 0 amide bonds. The van der Waals surface area contributed by atoms with Crippen molar-refractivity contribution in [3.8, 4) is 6.19 Å². The van der Waals surface area contributed by atoms with E-state index in [4.69, 9.17) is 5.26 Å². The van der Waals surface area contributed by atoms with E-state index >= 15 is 0 Å². The number of nitriles is 1. The van der Waals surface area contributed by atoms with Crippen molar-refractivity contribution < 1.29 is 0 Å². The van der Waals surface area contributed by atoms with Gasteiger partial charge in [0.25, 0.3) is 0 Å². The Balaban J connectivity index is 3.38. The third-order valence-electron chi connectivity index (χ3n) is 2.32. The van der Waals surface area contributed by atoms with Crippen molar-refractivity contribution in [1.82, 2.24) is 10.2 Å². The van der Waals surface area contributed by atoms with E-state index in [-0.39, 0.29) is 0 Å². The van der Waals surface area contributed by atoms with Gasteiger partial charge in [0, 0.05) is 6.04 Å². The predicted octanol–water partition coefficient (Wildman–Crippen LogP) is 1.57. The van der Waals surface area contributed by atoms with E-state index in [1.165, 1.54) is 0 Å². The fraction of sp³-hybridized carbons (Fsp3) is 0.900. The molecule has 0 rings (SSSR count). The van der Waals surface area contributed by atoms with E-state index < -0.39 is 0 Å². The fourth-order valence-electron chi connectivity index (χ4n) is 1.34. The Bertz CT molecular complexity index is 147. The van der Waals surface area contributed by atoms with Crippen LogP contribution in [0.3, 0.4) is 0 Å². The van der Waals surface area contributed by atoms with E-state index in [0.29, 0.717) is 6.04 Å². The van der Waals surface area contributed by atoms with Crippen LogP contribution in [0.4, 0.5) is 0 Å². The van der Waals surface area contributed by atoms with Crippen LogP contribution < -0.4 is 5.32 Å². The first-order valence-corrected chi connectivity index (χ1v) is 5.11. The van der Waals surface area contributed by atoms with Gasteiger partial charge in [-0.2, -0.15) is 5.26 Å². The Labute approximate surface area is 81.7 Å². The molecule has 0 saturated carbocycles. The van der Waals surface area contributed by atoms with Crippen molar-refractivity contribution in [3.63, 3.8) is 0 Å². The van der Waals surface area contributed by atoms with Crippen molar-refractivity contribution >= 4 is 0 Å². The Morgan fingerprint density at radius 1 is 1.38 bits per heavy atom. The Morgan fingerprint density at radius 3 is 2.46 bits per heavy atom. The van der Waals surface area contributed by atoms with Gasteiger partial charge in [0.1, 0.15) is 0 Å². The quantitative estimate of drug-likeness (QED) is 0.481. The van der Waals surface area contributed by atoms with Crippen LogP contribution in [0.2, 0.25) is 0 Å². The highest BCUT2D eigenvalue weighted by atomic mass is 15.1. The molecule has 0 aromatic carbocycles. The van der Waals surface area contributed by atoms with Crippen LogP contribution in [0.1, 0.15) is 33.6 Å². The first-order chi connectivity index (χ1) is 6.24. The summed E-state index contributed by atoms with van der Waals surface area (Å²) in [4.78, 5) is 2.40. The van der Waals surface area contributed by atoms with Crippen LogP contribution in [0.15, 0.2) is 0 Å². The van der Waals surface area contributed by atoms with Crippen LogP contribution in [0, 0.1) is 11.5 Å². The highest BCUT2D eigenvalue weighted by molar-refractivity contribution is 4.72. The summed E-state index contributed by atoms with van der Waals surface area (Å²) in [6.45, 7) is 9.80. The molecular weight excluding hydrogens is 162 g/mol. The topological polar surface area (TPSA) is 39.1 Å². The summed E-state index contributed by atoms with van der Waals surface area (Å²) in [6, 6.07) is 0.320. The van der Waals surface area contributed by atoms with Crippen LogP contribution in [-0.4, -0.2) is 30.6 Å². The third kappa shape index (κ3) is 6.41. The normalized spacial score (nSPS) is 12.5. The molecule has 0 aliphatic heterocycles. The molecule has 0 aliphatic carbocycles. The van der Waals surface area contributed by atoms with Gasteiger partial charge in [-0.25, -0.2) is 0 Å². The van der Waals surface area contributed by atoms with Crippen molar-refractivity contribution in [2.75, 3.05) is 19.6 Å². The molecular formula is C10H21N3. The van der Waals surface area contributed by atoms with Gasteiger partial charge in [-0.1, -0.05) is 13.8 Å². The SMILES string of the molecule is CCN(CC)CCCC(C)NC#N. The van der Waals surface area contributed by atoms with Gasteiger partial charge in [0.15, 0.2) is 6.19 Å². The number of rotatable bonds is 7. The first kappa shape index (κ1) is 12.2. The minimum atomic E-state index is 0.320. The van der Waals surface area contributed by atoms with Crippen molar-refractivity contribution in [2.24, 2.45) is 0 Å². The van der Waals surface area contributed by atoms with Gasteiger partial charge in [-0.05, 0) is 39.4 Å². The molecule has 0 aromatic heterocycles. The lowest BCUT2D eigenvalue weighted by Crippen LogP contribution is -2.26. The molecule has 0 fully saturated rings. The number of nitrogens with zero attached hydrogens (tertiary/aromatic N) is 2. The second kappa shape index (κ2) is 7.88. The molecule has 1 unspecified atom stereocenters. The maximum absolute atomic E-state index is 8.37. The Hall–Kier alpha value is -0.750. The monoisotopic (exact) mass is 183 g/mol. The zero-order valence-electron chi connectivity index (χ0n) is 9.01. The fourth-order valence-corrected chi connectivity index (χ4v) is 1.34. The lowest BCUT2D eigenvalue weighted by molar-refractivity contribution is 0.292. The standard InChI is InChI=1S/C10H21N3/c1-4-13(5-2)8-6-7-10(3)12-9-11/h10,12H,4-8H2,1-3H3. The van der Waals surface area contributed by atoms with Crippen molar-refractivity contribution in [1.29, 1.82) is 5.26 Å². The van der Waals surface area contributed by atoms with E-state index in [1.54, 1.807) is 0 Å². The Kier molecular flexibility index (Phi) is 7.42. The van der Waals surface area contributed by atoms with Crippen molar-refractivity contribution in [2.45, 2.75) is 39.7 Å². The largest absolute Gasteiger partial charge is 0.321 e. The Morgan fingerprint density at radius 2 is 2.00 bits per heavy atom. The summed E-state index contributed by atoms with van der Waals surface area (Å²) in [5, 5.41) is 11.1. The zero-order chi connectivity index (χ0) is 10.1. The van der Waals surface area contributed by atoms with E-state index in [9.17, 15) is 0 Å². The second-order valence-electron chi connectivity index (χ2n) is 3.33. The molecule has 0 aliphatic rings. The molecule has 3 nitrogen and oxygen atoms in total. The maximum Gasteiger partial charge on any atom is 0.176 e. The first-order valence-electron chi connectivity index (χ1n) is 5.11. The molecule has 0 heterocycles. The van der Waals surface area contributed by atoms with Gasteiger partial charge in [-0.3, -0.25) is 0 Å². The van der Waals surface area contributed by atoms with E-state index in [2.05, 4.69) is 24.1 Å². The molecule has 0 aromatic rings. The number of hydrogen-bond donors (Lipinski definition) is 1. The van der Waals surface area contributed by atoms with Crippen molar-refractivity contribution in [3.05, 3.63) is 0 Å². The molecule has 0 spiro atoms. The molecule has 0 radical (unpaired) electrons. The maximum atomic E-state index is 8.37. The second-order valence-corrected chi connectivity index (χ2v) is 3.33. The summed E-state index contributed by atoms with van der Waals surface area (Å²) in [5.41, 5.74) is 0. The molecule has 0 saturated heterocycles. The minimum absolute atomic E-state index is 0.320. The number of hydrogen-bond acceptors (Lipinski definition) is 3. The average Bonchev–Trinajstić information content (AvgIpc) is 2.13. The lowest BCUT2D eigenvalue weighted by atomic mass is 10.2. The summed E-state index contributed by atoms with van der Waals surface area (Å²) in [6.07, 6.45) is 4.21. The molecule has 1 atom stereocenters. The summed E-state index contributed by atoms with van der Waals surface area (Å²) in [5.74, 6) is 0. The zero-order valence-corrected chi connectivity index (χ0v) is 9.01. The molecule has 1 N–H and O–H groups in total. The van der Waals surface area contributed by atoms with Crippen LogP contribution in [0.5, 0.6) is 0 Å². The van der Waals surface area contributed by atoms with Gasteiger partial charge >= 0.3 is 0 Å². The van der Waals surface area contributed by atoms with Gasteiger partial charge in [0.05, 0.1) is 0 Å². The predicted molar refractivity (Wildman–Crippen MR) is 55.2 cm³/mol. The van der Waals surface area contributed by atoms with Crippen LogP contribution in [0.25, 0.3) is 0 Å². The molecule has 13 heavy (non-hydrogen) atoms. The molecule has 76 valence electrons. The molecule has 3 heteroatoms. The van der Waals surface area contributed by atoms with Gasteiger partial charge in [0.2, 0.25) is 0 Å². The lowest BCUT2D eigenvalue weighted by Gasteiger charge is -2.18. The third-order valence-corrected chi connectivity index (χ3v) is 2.32. The van der Waals surface area contributed by atoms with E-state index in [0.717, 1.165) is 32.5 Å². The van der Waals surface area contributed by atoms with Gasteiger partial charge in [-0.15, -0.1) is 0 Å². The minimum Gasteiger partial charge on any atom is -0.321 e. The van der Waals surface area contributed by atoms with E-state index in [1.807, 2.05) is 13.1 Å². The summed E-state index contributed by atoms with van der Waals surface area (Å²) in [7, 11) is 0. The molecule has 0 bridgehead atoms. The van der Waals surface area contributed by atoms with Crippen LogP contribution >= 0.6 is 0 Å². The van der Waals surface area contributed by atoms with Crippen LogP contribution in [-0.2, 0) is 0 Å². The number of nitrogens with one attached hydrogen (secondary N) is 1. The highest BCUT2D eigenvalue weighted by Gasteiger charge is 2.02. The summed E-state index contributed by atoms with van der Waals surface area (Å²) >= 11 is 0. The van der Waals surface area contributed by atoms with Gasteiger partial charge < -0.3 is 10.2 Å².